The molecule has 0 fully saturated rings. The molecule has 0 unspecified atom stereocenters. The second kappa shape index (κ2) is 5.81. The van der Waals surface area contributed by atoms with Gasteiger partial charge in [-0.25, -0.2) is 0 Å². The van der Waals surface area contributed by atoms with Gasteiger partial charge in [0.2, 0.25) is 0 Å². The molecule has 2 N–H and O–H groups in total. The van der Waals surface area contributed by atoms with E-state index in [1.165, 1.54) is 0 Å². The first-order chi connectivity index (χ1) is 9.48. The number of ketones is 1. The van der Waals surface area contributed by atoms with Crippen LogP contribution in [0.25, 0.3) is 10.9 Å². The molecule has 0 radical (unpaired) electrons. The van der Waals surface area contributed by atoms with Gasteiger partial charge in [-0.05, 0) is 18.1 Å². The Bertz CT molecular complexity index is 629. The van der Waals surface area contributed by atoms with E-state index in [-0.39, 0.29) is 0 Å². The number of alkyl halides is 3. The molecule has 3 nitrogen and oxygen atoms in total. The molecular formula is C14H13F3N2O. The molecule has 0 bridgehead atoms. The lowest BCUT2D eigenvalue weighted by Crippen LogP contribution is -2.21. The fourth-order valence-corrected chi connectivity index (χ4v) is 1.86. The summed E-state index contributed by atoms with van der Waals surface area (Å²) in [5.74, 6) is -1.86. The topological polar surface area (TPSA) is 44.9 Å². The van der Waals surface area contributed by atoms with Gasteiger partial charge in [-0.15, -0.1) is 0 Å². The first-order valence-electron chi connectivity index (χ1n) is 6.04. The van der Waals surface area contributed by atoms with Gasteiger partial charge in [-0.2, -0.15) is 13.2 Å². The van der Waals surface area contributed by atoms with E-state index in [9.17, 15) is 18.0 Å². The van der Waals surface area contributed by atoms with E-state index in [4.69, 9.17) is 0 Å². The van der Waals surface area contributed by atoms with Crippen molar-refractivity contribution in [2.24, 2.45) is 0 Å². The summed E-state index contributed by atoms with van der Waals surface area (Å²) in [6.07, 6.45) is -0.763. The number of allylic oxidation sites excluding steroid dienone is 1. The quantitative estimate of drug-likeness (QED) is 0.654. The fourth-order valence-electron chi connectivity index (χ4n) is 1.86. The first kappa shape index (κ1) is 14.2. The van der Waals surface area contributed by atoms with Gasteiger partial charge in [0.1, 0.15) is 0 Å². The average Bonchev–Trinajstić information content (AvgIpc) is 2.80. The molecule has 2 rings (SSSR count). The smallest absolute Gasteiger partial charge is 0.390 e. The van der Waals surface area contributed by atoms with Crippen LogP contribution in [0.2, 0.25) is 0 Å². The van der Waals surface area contributed by atoms with Crippen molar-refractivity contribution in [2.45, 2.75) is 12.6 Å². The Balaban J connectivity index is 1.85. The second-order valence-corrected chi connectivity index (χ2v) is 4.26. The van der Waals surface area contributed by atoms with Gasteiger partial charge < -0.3 is 10.3 Å². The molecule has 106 valence electrons. The minimum absolute atomic E-state index is 0.448. The molecule has 1 heterocycles. The van der Waals surface area contributed by atoms with E-state index in [1.54, 1.807) is 0 Å². The highest BCUT2D eigenvalue weighted by Gasteiger charge is 2.35. The molecule has 0 saturated carbocycles. The summed E-state index contributed by atoms with van der Waals surface area (Å²) in [6.45, 7) is 0.448. The summed E-state index contributed by atoms with van der Waals surface area (Å²) >= 11 is 0. The summed E-state index contributed by atoms with van der Waals surface area (Å²) in [6, 6.07) is 7.78. The van der Waals surface area contributed by atoms with Gasteiger partial charge in [0.15, 0.2) is 0 Å². The Morgan fingerprint density at radius 3 is 2.80 bits per heavy atom. The van der Waals surface area contributed by atoms with Gasteiger partial charge in [0.05, 0.1) is 0 Å². The molecule has 0 spiro atoms. The van der Waals surface area contributed by atoms with Crippen LogP contribution in [0.15, 0.2) is 42.7 Å². The third kappa shape index (κ3) is 3.40. The number of fused-ring (bicyclic) bond motifs is 1. The molecule has 20 heavy (non-hydrogen) atoms. The van der Waals surface area contributed by atoms with Gasteiger partial charge in [-0.3, -0.25) is 4.79 Å². The van der Waals surface area contributed by atoms with Gasteiger partial charge >= 0.3 is 6.18 Å². The number of aromatic amines is 1. The van der Waals surface area contributed by atoms with Crippen molar-refractivity contribution >= 4 is 16.7 Å². The van der Waals surface area contributed by atoms with Crippen LogP contribution in [0.5, 0.6) is 0 Å². The number of H-pyrrole nitrogens is 1. The molecule has 0 aliphatic rings. The number of carbonyl (C=O) groups excluding carboxylic acids is 1. The Hall–Kier alpha value is -2.24. The number of carbonyl (C=O) groups is 1. The standard InChI is InChI=1S/C14H13F3N2O/c15-14(16,17)13(20)6-8-18-7-5-10-9-19-12-4-2-1-3-11(10)12/h1-4,6,8-9,18-19H,5,7H2/b8-6+. The molecule has 2 aromatic rings. The average molecular weight is 282 g/mol. The molecule has 1 aromatic heterocycles. The highest BCUT2D eigenvalue weighted by Crippen LogP contribution is 2.18. The minimum Gasteiger partial charge on any atom is -0.390 e. The SMILES string of the molecule is O=C(/C=C/NCCc1c[nH]c2ccccc12)C(F)(F)F. The minimum atomic E-state index is -4.81. The van der Waals surface area contributed by atoms with E-state index < -0.39 is 12.0 Å². The van der Waals surface area contributed by atoms with Crippen LogP contribution in [0, 0.1) is 0 Å². The first-order valence-corrected chi connectivity index (χ1v) is 6.04. The predicted molar refractivity (Wildman–Crippen MR) is 70.2 cm³/mol. The number of rotatable bonds is 5. The van der Waals surface area contributed by atoms with Crippen LogP contribution in [-0.4, -0.2) is 23.5 Å². The zero-order valence-electron chi connectivity index (χ0n) is 10.5. The van der Waals surface area contributed by atoms with Crippen molar-refractivity contribution in [1.82, 2.24) is 10.3 Å². The Kier molecular flexibility index (Phi) is 4.12. The maximum absolute atomic E-state index is 11.9. The lowest BCUT2D eigenvalue weighted by atomic mass is 10.1. The fraction of sp³-hybridized carbons (Fsp3) is 0.214. The largest absolute Gasteiger partial charge is 0.454 e. The van der Waals surface area contributed by atoms with Gasteiger partial charge in [0, 0.05) is 35.9 Å². The molecule has 0 aliphatic carbocycles. The zero-order chi connectivity index (χ0) is 14.6. The van der Waals surface area contributed by atoms with Crippen molar-refractivity contribution in [1.29, 1.82) is 0 Å². The van der Waals surface area contributed by atoms with Crippen LogP contribution < -0.4 is 5.32 Å². The van der Waals surface area contributed by atoms with Crippen molar-refractivity contribution in [3.05, 3.63) is 48.3 Å². The molecule has 6 heteroatoms. The maximum atomic E-state index is 11.9. The highest BCUT2D eigenvalue weighted by atomic mass is 19.4. The van der Waals surface area contributed by atoms with Gasteiger partial charge in [0.25, 0.3) is 5.78 Å². The number of halogens is 3. The van der Waals surface area contributed by atoms with E-state index in [2.05, 4.69) is 10.3 Å². The Morgan fingerprint density at radius 2 is 2.05 bits per heavy atom. The summed E-state index contributed by atoms with van der Waals surface area (Å²) in [5, 5.41) is 3.76. The van der Waals surface area contributed by atoms with Crippen molar-refractivity contribution in [2.75, 3.05) is 6.54 Å². The van der Waals surface area contributed by atoms with Crippen molar-refractivity contribution in [3.8, 4) is 0 Å². The van der Waals surface area contributed by atoms with Gasteiger partial charge in [-0.1, -0.05) is 18.2 Å². The summed E-state index contributed by atoms with van der Waals surface area (Å²) < 4.78 is 35.8. The van der Waals surface area contributed by atoms with E-state index >= 15 is 0 Å². The molecule has 0 atom stereocenters. The third-order valence-corrected chi connectivity index (χ3v) is 2.85. The lowest BCUT2D eigenvalue weighted by Gasteiger charge is -2.02. The number of nitrogens with one attached hydrogen (secondary N) is 2. The molecule has 0 saturated heterocycles. The number of aromatic nitrogens is 1. The maximum Gasteiger partial charge on any atom is 0.454 e. The van der Waals surface area contributed by atoms with Crippen LogP contribution in [0.3, 0.4) is 0 Å². The number of para-hydroxylation sites is 1. The second-order valence-electron chi connectivity index (χ2n) is 4.26. The van der Waals surface area contributed by atoms with E-state index in [0.717, 1.165) is 22.7 Å². The number of benzene rings is 1. The Labute approximate surface area is 113 Å². The Morgan fingerprint density at radius 1 is 1.30 bits per heavy atom. The molecule has 0 amide bonds. The molecule has 1 aromatic carbocycles. The number of hydrogen-bond acceptors (Lipinski definition) is 2. The van der Waals surface area contributed by atoms with Crippen molar-refractivity contribution in [3.63, 3.8) is 0 Å². The summed E-state index contributed by atoms with van der Waals surface area (Å²) in [4.78, 5) is 13.7. The van der Waals surface area contributed by atoms with E-state index in [0.29, 0.717) is 19.0 Å². The molecular weight excluding hydrogens is 269 g/mol. The zero-order valence-corrected chi connectivity index (χ0v) is 10.5. The molecule has 0 aliphatic heterocycles. The summed E-state index contributed by atoms with van der Waals surface area (Å²) in [5.41, 5.74) is 2.09. The van der Waals surface area contributed by atoms with E-state index in [1.807, 2.05) is 30.5 Å². The van der Waals surface area contributed by atoms with Crippen LogP contribution in [-0.2, 0) is 11.2 Å². The number of hydrogen-bond donors (Lipinski definition) is 2. The van der Waals surface area contributed by atoms with Crippen LogP contribution in [0.4, 0.5) is 13.2 Å². The predicted octanol–water partition coefficient (Wildman–Crippen LogP) is 2.95. The van der Waals surface area contributed by atoms with Crippen molar-refractivity contribution < 1.29 is 18.0 Å². The highest BCUT2D eigenvalue weighted by molar-refractivity contribution is 5.94. The van der Waals surface area contributed by atoms with Crippen LogP contribution >= 0.6 is 0 Å². The normalized spacial score (nSPS) is 12.2. The lowest BCUT2D eigenvalue weighted by molar-refractivity contribution is -0.165. The monoisotopic (exact) mass is 282 g/mol. The summed E-state index contributed by atoms with van der Waals surface area (Å²) in [7, 11) is 0. The third-order valence-electron chi connectivity index (χ3n) is 2.85. The van der Waals surface area contributed by atoms with Crippen LogP contribution in [0.1, 0.15) is 5.56 Å².